The fourth-order valence-electron chi connectivity index (χ4n) is 10.3. The number of carboxylic acids is 4. The van der Waals surface area contributed by atoms with Crippen LogP contribution >= 0.6 is 0 Å². The van der Waals surface area contributed by atoms with Gasteiger partial charge in [-0.05, 0) is 84.9 Å². The van der Waals surface area contributed by atoms with Gasteiger partial charge >= 0.3 is 23.9 Å². The van der Waals surface area contributed by atoms with Crippen molar-refractivity contribution in [1.82, 2.24) is 44.6 Å². The molecule has 5 N–H and O–H groups in total. The van der Waals surface area contributed by atoms with E-state index >= 15 is 0 Å². The van der Waals surface area contributed by atoms with Crippen molar-refractivity contribution in [2.75, 3.05) is 91.6 Å². The van der Waals surface area contributed by atoms with Gasteiger partial charge in [-0.2, -0.15) is 0 Å². The van der Waals surface area contributed by atoms with Crippen molar-refractivity contribution >= 4 is 35.7 Å². The van der Waals surface area contributed by atoms with Crippen LogP contribution < -0.4 is 14.8 Å². The van der Waals surface area contributed by atoms with E-state index in [0.717, 1.165) is 41.5 Å². The molecule has 2 aliphatic heterocycles. The molecule has 0 spiro atoms. The van der Waals surface area contributed by atoms with Crippen LogP contribution in [0, 0.1) is 5.92 Å². The molecule has 3 heterocycles. The van der Waals surface area contributed by atoms with Crippen LogP contribution in [0.1, 0.15) is 85.2 Å². The fraction of sp³-hybridized carbons (Fsp3) is 0.458. The number of rotatable bonds is 24. The van der Waals surface area contributed by atoms with Gasteiger partial charge in [0.25, 0.3) is 5.91 Å². The van der Waals surface area contributed by atoms with Gasteiger partial charge in [0.05, 0.1) is 25.2 Å². The predicted molar refractivity (Wildman–Crippen MR) is 298 cm³/mol. The Labute approximate surface area is 466 Å². The molecule has 1 atom stereocenters. The van der Waals surface area contributed by atoms with Crippen LogP contribution in [-0.2, 0) is 43.6 Å². The average Bonchev–Trinajstić information content (AvgIpc) is 3.92. The Morgan fingerprint density at radius 3 is 1.62 bits per heavy atom. The molecule has 428 valence electrons. The third kappa shape index (κ3) is 17.4. The van der Waals surface area contributed by atoms with E-state index in [9.17, 15) is 49.2 Å². The first-order valence-electron chi connectivity index (χ1n) is 27.5. The monoisotopic (exact) mass is 1100 g/mol. The van der Waals surface area contributed by atoms with E-state index < -0.39 is 29.9 Å². The van der Waals surface area contributed by atoms with Crippen LogP contribution in [0.2, 0.25) is 0 Å². The standard InChI is InChI=1S/C59H75N9O12/c1-4-60-58(76)57-62-61-56(48-34-47(41(2)3)50(79-39-44-11-7-5-8-12-44)35-51(48)80-40-45-13-9-6-10-14-45)68(57)46-17-15-42(16-18-46)33-43-21-23-67(24-22-43)52(69)20-19-49(59(77)78)66-31-29-64(37-54(72)73)27-25-63(36-53(70)71)26-28-65(30-32-66)38-55(74)75/h5-18,34-35,41,43,49H,4,19-33,36-40H2,1-3H3,(H,60,76)(H,70,71)(H,72,73)(H,74,75)(H,77,78). The van der Waals surface area contributed by atoms with Gasteiger partial charge in [-0.25, -0.2) is 0 Å². The summed E-state index contributed by atoms with van der Waals surface area (Å²) in [5.41, 5.74) is 5.30. The van der Waals surface area contributed by atoms with E-state index in [1.807, 2.05) is 104 Å². The van der Waals surface area contributed by atoms with Gasteiger partial charge in [0.2, 0.25) is 11.7 Å². The third-order valence-corrected chi connectivity index (χ3v) is 14.6. The average molecular weight is 1100 g/mol. The zero-order valence-electron chi connectivity index (χ0n) is 46.0. The maximum absolute atomic E-state index is 13.8. The van der Waals surface area contributed by atoms with Crippen LogP contribution in [0.25, 0.3) is 17.1 Å². The summed E-state index contributed by atoms with van der Waals surface area (Å²) in [5.74, 6) is -2.91. The van der Waals surface area contributed by atoms with Crippen molar-refractivity contribution in [3.63, 3.8) is 0 Å². The van der Waals surface area contributed by atoms with Gasteiger partial charge in [0.1, 0.15) is 30.8 Å². The largest absolute Gasteiger partial charge is 0.488 e. The molecule has 2 aliphatic rings. The quantitative estimate of drug-likeness (QED) is 0.0514. The minimum atomic E-state index is -1.14. The predicted octanol–water partition coefficient (Wildman–Crippen LogP) is 5.46. The molecule has 2 saturated heterocycles. The SMILES string of the molecule is CCNC(=O)c1nnc(-c2cc(C(C)C)c(OCc3ccccc3)cc2OCc2ccccc2)n1-c1ccc(CC2CCN(C(=O)CCC(C(=O)O)N3CCN(CC(=O)O)CCN(CC(=O)O)CCN(CC(=O)O)CC3)CC2)cc1. The smallest absolute Gasteiger partial charge is 0.320 e. The number of nitrogens with zero attached hydrogens (tertiary/aromatic N) is 8. The zero-order valence-corrected chi connectivity index (χ0v) is 46.0. The molecule has 21 heteroatoms. The summed E-state index contributed by atoms with van der Waals surface area (Å²) in [4.78, 5) is 83.9. The lowest BCUT2D eigenvalue weighted by Gasteiger charge is -2.36. The van der Waals surface area contributed by atoms with E-state index in [1.165, 1.54) is 0 Å². The number of likely N-dealkylation sites (tertiary alicyclic amines) is 1. The van der Waals surface area contributed by atoms with Crippen molar-refractivity contribution in [3.8, 4) is 28.6 Å². The molecule has 2 fully saturated rings. The van der Waals surface area contributed by atoms with E-state index in [2.05, 4.69) is 29.4 Å². The first-order valence-corrected chi connectivity index (χ1v) is 27.5. The van der Waals surface area contributed by atoms with Crippen LogP contribution in [0.5, 0.6) is 11.5 Å². The zero-order chi connectivity index (χ0) is 57.1. The molecular weight excluding hydrogens is 1030 g/mol. The minimum absolute atomic E-state index is 0.00391. The summed E-state index contributed by atoms with van der Waals surface area (Å²) in [5, 5.41) is 51.3. The lowest BCUT2D eigenvalue weighted by molar-refractivity contribution is -0.145. The second-order valence-corrected chi connectivity index (χ2v) is 20.8. The summed E-state index contributed by atoms with van der Waals surface area (Å²) in [6.07, 6.45) is 2.17. The topological polar surface area (TPSA) is 261 Å². The fourth-order valence-corrected chi connectivity index (χ4v) is 10.3. The summed E-state index contributed by atoms with van der Waals surface area (Å²) < 4.78 is 14.8. The Bertz CT molecular complexity index is 2830. The number of hydrogen-bond donors (Lipinski definition) is 5. The molecule has 0 aliphatic carbocycles. The van der Waals surface area contributed by atoms with E-state index in [1.54, 1.807) is 29.1 Å². The molecule has 4 aromatic carbocycles. The van der Waals surface area contributed by atoms with Crippen molar-refractivity contribution in [2.45, 2.75) is 78.0 Å². The van der Waals surface area contributed by atoms with Crippen LogP contribution in [0.4, 0.5) is 0 Å². The Balaban J connectivity index is 1.03. The molecule has 1 aromatic heterocycles. The van der Waals surface area contributed by atoms with Gasteiger partial charge in [0, 0.05) is 90.2 Å². The van der Waals surface area contributed by atoms with Crippen LogP contribution in [0.15, 0.2) is 97.1 Å². The van der Waals surface area contributed by atoms with Crippen molar-refractivity contribution in [3.05, 3.63) is 125 Å². The molecule has 2 amide bonds. The van der Waals surface area contributed by atoms with Gasteiger partial charge < -0.3 is 40.1 Å². The number of carboxylic acid groups (broad SMARTS) is 4. The first kappa shape index (κ1) is 59.9. The summed E-state index contributed by atoms with van der Waals surface area (Å²) in [7, 11) is 0. The third-order valence-electron chi connectivity index (χ3n) is 14.6. The molecule has 0 bridgehead atoms. The molecule has 0 radical (unpaired) electrons. The van der Waals surface area contributed by atoms with Gasteiger partial charge in [0.15, 0.2) is 5.82 Å². The van der Waals surface area contributed by atoms with E-state index in [0.29, 0.717) is 54.8 Å². The highest BCUT2D eigenvalue weighted by molar-refractivity contribution is 5.92. The van der Waals surface area contributed by atoms with Gasteiger partial charge in [-0.15, -0.1) is 10.2 Å². The number of hydrogen-bond acceptors (Lipinski definition) is 14. The molecule has 1 unspecified atom stereocenters. The lowest BCUT2D eigenvalue weighted by Crippen LogP contribution is -2.52. The van der Waals surface area contributed by atoms with Crippen LogP contribution in [-0.4, -0.2) is 193 Å². The highest BCUT2D eigenvalue weighted by Crippen LogP contribution is 2.40. The summed E-state index contributed by atoms with van der Waals surface area (Å²) in [6.45, 7) is 8.46. The molecule has 5 aromatic rings. The van der Waals surface area contributed by atoms with E-state index in [4.69, 9.17) is 9.47 Å². The maximum Gasteiger partial charge on any atom is 0.320 e. The van der Waals surface area contributed by atoms with Crippen molar-refractivity contribution in [1.29, 1.82) is 0 Å². The number of nitrogens with one attached hydrogen (secondary N) is 1. The minimum Gasteiger partial charge on any atom is -0.488 e. The summed E-state index contributed by atoms with van der Waals surface area (Å²) in [6, 6.07) is 30.6. The van der Waals surface area contributed by atoms with Gasteiger partial charge in [-0.3, -0.25) is 52.9 Å². The normalized spacial score (nSPS) is 16.1. The van der Waals surface area contributed by atoms with Crippen LogP contribution in [0.3, 0.4) is 0 Å². The summed E-state index contributed by atoms with van der Waals surface area (Å²) >= 11 is 0. The number of aliphatic carboxylic acids is 4. The maximum atomic E-state index is 13.8. The Morgan fingerprint density at radius 1 is 0.625 bits per heavy atom. The lowest BCUT2D eigenvalue weighted by atomic mass is 9.90. The molecule has 7 rings (SSSR count). The second kappa shape index (κ2) is 29.5. The highest BCUT2D eigenvalue weighted by Gasteiger charge is 2.31. The molecule has 21 nitrogen and oxygen atoms in total. The Kier molecular flexibility index (Phi) is 22.1. The molecule has 80 heavy (non-hydrogen) atoms. The number of carbonyl (C=O) groups is 6. The Morgan fingerprint density at radius 2 is 1.14 bits per heavy atom. The van der Waals surface area contributed by atoms with Crippen molar-refractivity contribution < 1.29 is 58.7 Å². The number of ether oxygens (including phenoxy) is 2. The highest BCUT2D eigenvalue weighted by atomic mass is 16.5. The number of piperidine rings is 1. The number of amides is 2. The van der Waals surface area contributed by atoms with Gasteiger partial charge in [-0.1, -0.05) is 86.6 Å². The van der Waals surface area contributed by atoms with Crippen molar-refractivity contribution in [2.24, 2.45) is 5.92 Å². The number of aromatic nitrogens is 3. The number of carbonyl (C=O) groups excluding carboxylic acids is 2. The molecular formula is C59H75N9O12. The van der Waals surface area contributed by atoms with E-state index in [-0.39, 0.29) is 121 Å². The number of benzene rings is 4. The first-order chi connectivity index (χ1) is 38.5. The second-order valence-electron chi connectivity index (χ2n) is 20.8. The molecule has 0 saturated carbocycles. The Hall–Kier alpha value is -7.72.